The van der Waals surface area contributed by atoms with E-state index in [9.17, 15) is 0 Å². The Morgan fingerprint density at radius 3 is 2.38 bits per heavy atom. The molecule has 0 unspecified atom stereocenters. The molecule has 0 radical (unpaired) electrons. The Balaban J connectivity index is 2.50. The lowest BCUT2D eigenvalue weighted by molar-refractivity contribution is 1.17. The Labute approximate surface area is 118 Å². The molecule has 1 aromatic carbocycles. The predicted molar refractivity (Wildman–Crippen MR) is 75.0 cm³/mol. The Morgan fingerprint density at radius 2 is 1.75 bits per heavy atom. The van der Waals surface area contributed by atoms with Crippen molar-refractivity contribution in [2.45, 2.75) is 0 Å². The van der Waals surface area contributed by atoms with E-state index in [0.29, 0.717) is 16.1 Å². The number of aromatic nitrogens is 2. The molecule has 0 saturated carbocycles. The van der Waals surface area contributed by atoms with Crippen molar-refractivity contribution in [3.8, 4) is 11.4 Å². The van der Waals surface area contributed by atoms with E-state index >= 15 is 0 Å². The van der Waals surface area contributed by atoms with Crippen LogP contribution in [0.5, 0.6) is 0 Å². The third-order valence-electron chi connectivity index (χ3n) is 1.95. The zero-order valence-electron chi connectivity index (χ0n) is 7.92. The normalized spacial score (nSPS) is 10.4. The molecule has 1 heterocycles. The van der Waals surface area contributed by atoms with Crippen molar-refractivity contribution in [3.05, 3.63) is 37.8 Å². The first-order chi connectivity index (χ1) is 7.58. The lowest BCUT2D eigenvalue weighted by Gasteiger charge is -2.04. The molecule has 16 heavy (non-hydrogen) atoms. The number of benzene rings is 1. The number of rotatable bonds is 1. The van der Waals surface area contributed by atoms with Gasteiger partial charge in [-0.25, -0.2) is 9.97 Å². The van der Waals surface area contributed by atoms with E-state index in [2.05, 4.69) is 57.8 Å². The van der Waals surface area contributed by atoms with Gasteiger partial charge >= 0.3 is 0 Å². The molecule has 1 aromatic heterocycles. The zero-order chi connectivity index (χ0) is 11.7. The molecule has 2 N–H and O–H groups in total. The van der Waals surface area contributed by atoms with Crippen molar-refractivity contribution in [1.29, 1.82) is 0 Å². The summed E-state index contributed by atoms with van der Waals surface area (Å²) in [5.74, 6) is 1.04. The number of nitrogens with two attached hydrogens (primary N) is 1. The van der Waals surface area contributed by atoms with Crippen LogP contribution in [0.3, 0.4) is 0 Å². The molecular weight excluding hydrogens is 402 g/mol. The molecule has 0 aliphatic rings. The molecule has 0 aliphatic carbocycles. The molecule has 0 bridgehead atoms. The molecule has 82 valence electrons. The lowest BCUT2D eigenvalue weighted by Crippen LogP contribution is -1.96. The number of hydrogen-bond donors (Lipinski definition) is 1. The maximum absolute atomic E-state index is 5.71. The van der Waals surface area contributed by atoms with E-state index in [1.807, 2.05) is 18.2 Å². The molecule has 6 heteroatoms. The van der Waals surface area contributed by atoms with Crippen molar-refractivity contribution in [3.63, 3.8) is 0 Å². The topological polar surface area (TPSA) is 51.8 Å². The maximum Gasteiger partial charge on any atom is 0.161 e. The Bertz CT molecular complexity index is 493. The van der Waals surface area contributed by atoms with Gasteiger partial charge in [0.05, 0.1) is 4.47 Å². The second-order valence-corrected chi connectivity index (χ2v) is 5.62. The van der Waals surface area contributed by atoms with Crippen LogP contribution < -0.4 is 5.73 Å². The van der Waals surface area contributed by atoms with Crippen molar-refractivity contribution >= 4 is 53.6 Å². The lowest BCUT2D eigenvalue weighted by atomic mass is 10.2. The fourth-order valence-corrected chi connectivity index (χ4v) is 1.97. The summed E-state index contributed by atoms with van der Waals surface area (Å²) in [5.41, 5.74) is 6.62. The average Bonchev–Trinajstić information content (AvgIpc) is 2.26. The largest absolute Gasteiger partial charge is 0.383 e. The summed E-state index contributed by atoms with van der Waals surface area (Å²) in [6.07, 6.45) is 1.65. The molecular formula is C10H6Br3N3. The number of nitrogens with zero attached hydrogens (tertiary/aromatic N) is 2. The SMILES string of the molecule is Nc1nc(-c2ccc(Br)c(Br)c2)ncc1Br. The first-order valence-electron chi connectivity index (χ1n) is 4.31. The monoisotopic (exact) mass is 405 g/mol. The highest BCUT2D eigenvalue weighted by Gasteiger charge is 2.06. The molecule has 0 aliphatic heterocycles. The van der Waals surface area contributed by atoms with Crippen LogP contribution in [-0.4, -0.2) is 9.97 Å². The summed E-state index contributed by atoms with van der Waals surface area (Å²) in [4.78, 5) is 8.40. The highest BCUT2D eigenvalue weighted by Crippen LogP contribution is 2.28. The summed E-state index contributed by atoms with van der Waals surface area (Å²) >= 11 is 10.1. The molecule has 0 saturated heterocycles. The summed E-state index contributed by atoms with van der Waals surface area (Å²) in [5, 5.41) is 0. The van der Waals surface area contributed by atoms with Gasteiger partial charge in [0.2, 0.25) is 0 Å². The van der Waals surface area contributed by atoms with Crippen LogP contribution in [0, 0.1) is 0 Å². The molecule has 2 rings (SSSR count). The van der Waals surface area contributed by atoms with Gasteiger partial charge in [-0.1, -0.05) is 0 Å². The van der Waals surface area contributed by atoms with Crippen LogP contribution in [0.15, 0.2) is 37.8 Å². The molecule has 3 nitrogen and oxygen atoms in total. The second-order valence-electron chi connectivity index (χ2n) is 3.06. The molecule has 2 aromatic rings. The van der Waals surface area contributed by atoms with E-state index in [1.165, 1.54) is 0 Å². The van der Waals surface area contributed by atoms with Crippen molar-refractivity contribution in [1.82, 2.24) is 9.97 Å². The van der Waals surface area contributed by atoms with E-state index < -0.39 is 0 Å². The maximum atomic E-state index is 5.71. The smallest absolute Gasteiger partial charge is 0.161 e. The van der Waals surface area contributed by atoms with Crippen LogP contribution in [0.4, 0.5) is 5.82 Å². The van der Waals surface area contributed by atoms with Gasteiger partial charge in [0.15, 0.2) is 5.82 Å². The number of halogens is 3. The highest BCUT2D eigenvalue weighted by molar-refractivity contribution is 9.13. The van der Waals surface area contributed by atoms with Crippen LogP contribution in [-0.2, 0) is 0 Å². The van der Waals surface area contributed by atoms with Gasteiger partial charge in [-0.15, -0.1) is 0 Å². The third kappa shape index (κ3) is 2.44. The molecule has 0 amide bonds. The van der Waals surface area contributed by atoms with Crippen molar-refractivity contribution < 1.29 is 0 Å². The van der Waals surface area contributed by atoms with E-state index in [0.717, 1.165) is 14.5 Å². The Hall–Kier alpha value is -0.460. The van der Waals surface area contributed by atoms with Crippen LogP contribution in [0.2, 0.25) is 0 Å². The number of anilines is 1. The fraction of sp³-hybridized carbons (Fsp3) is 0. The second kappa shape index (κ2) is 4.81. The van der Waals surface area contributed by atoms with E-state index in [1.54, 1.807) is 6.20 Å². The van der Waals surface area contributed by atoms with E-state index in [4.69, 9.17) is 5.73 Å². The quantitative estimate of drug-likeness (QED) is 0.777. The van der Waals surface area contributed by atoms with Crippen molar-refractivity contribution in [2.24, 2.45) is 0 Å². The molecule has 0 atom stereocenters. The average molecular weight is 408 g/mol. The van der Waals surface area contributed by atoms with Gasteiger partial charge in [-0.05, 0) is 66.0 Å². The van der Waals surface area contributed by atoms with Crippen LogP contribution >= 0.6 is 47.8 Å². The zero-order valence-corrected chi connectivity index (χ0v) is 12.7. The summed E-state index contributed by atoms with van der Waals surface area (Å²) in [6, 6.07) is 5.80. The standard InChI is InChI=1S/C10H6Br3N3/c11-6-2-1-5(3-7(6)12)10-15-4-8(13)9(14)16-10/h1-4H,(H2,14,15,16). The van der Waals surface area contributed by atoms with Gasteiger partial charge in [0, 0.05) is 20.7 Å². The predicted octanol–water partition coefficient (Wildman–Crippen LogP) is 4.01. The minimum absolute atomic E-state index is 0.434. The van der Waals surface area contributed by atoms with Gasteiger partial charge in [-0.2, -0.15) is 0 Å². The van der Waals surface area contributed by atoms with Crippen LogP contribution in [0.25, 0.3) is 11.4 Å². The van der Waals surface area contributed by atoms with Gasteiger partial charge in [-0.3, -0.25) is 0 Å². The highest BCUT2D eigenvalue weighted by atomic mass is 79.9. The summed E-state index contributed by atoms with van der Waals surface area (Å²) < 4.78 is 2.64. The number of hydrogen-bond acceptors (Lipinski definition) is 3. The first-order valence-corrected chi connectivity index (χ1v) is 6.69. The van der Waals surface area contributed by atoms with Crippen LogP contribution in [0.1, 0.15) is 0 Å². The van der Waals surface area contributed by atoms with Gasteiger partial charge in [0.1, 0.15) is 5.82 Å². The number of nitrogen functional groups attached to an aromatic ring is 1. The Kier molecular flexibility index (Phi) is 3.61. The van der Waals surface area contributed by atoms with Gasteiger partial charge < -0.3 is 5.73 Å². The molecule has 0 fully saturated rings. The minimum atomic E-state index is 0.434. The fourth-order valence-electron chi connectivity index (χ4n) is 1.15. The minimum Gasteiger partial charge on any atom is -0.383 e. The van der Waals surface area contributed by atoms with E-state index in [-0.39, 0.29) is 0 Å². The third-order valence-corrected chi connectivity index (χ3v) is 4.44. The van der Waals surface area contributed by atoms with Gasteiger partial charge in [0.25, 0.3) is 0 Å². The molecule has 0 spiro atoms. The first kappa shape index (κ1) is 12.0. The van der Waals surface area contributed by atoms with Crippen molar-refractivity contribution in [2.75, 3.05) is 5.73 Å². The summed E-state index contributed by atoms with van der Waals surface area (Å²) in [6.45, 7) is 0. The summed E-state index contributed by atoms with van der Waals surface area (Å²) in [7, 11) is 0. The Morgan fingerprint density at radius 1 is 1.00 bits per heavy atom.